The van der Waals surface area contributed by atoms with Crippen molar-refractivity contribution in [3.63, 3.8) is 0 Å². The number of nitrogens with zero attached hydrogens (tertiary/aromatic N) is 2. The lowest BCUT2D eigenvalue weighted by atomic mass is 10.1. The lowest BCUT2D eigenvalue weighted by Crippen LogP contribution is -2.48. The fraction of sp³-hybridized carbons (Fsp3) is 0.381. The van der Waals surface area contributed by atoms with Crippen molar-refractivity contribution in [3.05, 3.63) is 64.7 Å². The third-order valence-electron chi connectivity index (χ3n) is 4.76. The Kier molecular flexibility index (Phi) is 6.53. The summed E-state index contributed by atoms with van der Waals surface area (Å²) in [5.41, 5.74) is 3.48. The van der Waals surface area contributed by atoms with Crippen LogP contribution in [0.25, 0.3) is 0 Å². The molecule has 1 saturated heterocycles. The minimum atomic E-state index is 0.0930. The van der Waals surface area contributed by atoms with Gasteiger partial charge in [-0.05, 0) is 36.8 Å². The minimum Gasteiger partial charge on any atom is -0.369 e. The predicted molar refractivity (Wildman–Crippen MR) is 108 cm³/mol. The van der Waals surface area contributed by atoms with Crippen LogP contribution in [-0.2, 0) is 11.2 Å². The van der Waals surface area contributed by atoms with Gasteiger partial charge in [0, 0.05) is 50.0 Å². The lowest BCUT2D eigenvalue weighted by Gasteiger charge is -2.36. The van der Waals surface area contributed by atoms with E-state index < -0.39 is 0 Å². The van der Waals surface area contributed by atoms with E-state index in [0.717, 1.165) is 43.3 Å². The molecule has 2 aromatic carbocycles. The zero-order valence-corrected chi connectivity index (χ0v) is 16.0. The molecule has 1 aliphatic heterocycles. The molecule has 1 aliphatic rings. The van der Waals surface area contributed by atoms with Crippen LogP contribution in [0.5, 0.6) is 0 Å². The van der Waals surface area contributed by atoms with Gasteiger partial charge in [0.25, 0.3) is 0 Å². The second-order valence-corrected chi connectivity index (χ2v) is 7.26. The molecule has 1 amide bonds. The monoisotopic (exact) mass is 371 g/mol. The Balaban J connectivity index is 1.36. The largest absolute Gasteiger partial charge is 0.369 e. The van der Waals surface area contributed by atoms with Crippen molar-refractivity contribution >= 4 is 23.2 Å². The van der Waals surface area contributed by atoms with E-state index in [1.165, 1.54) is 11.3 Å². The van der Waals surface area contributed by atoms with Crippen LogP contribution in [0.1, 0.15) is 11.1 Å². The van der Waals surface area contributed by atoms with Crippen molar-refractivity contribution in [3.8, 4) is 0 Å². The SMILES string of the molecule is Cc1cccc(CC(=O)NCCN2CCN(c3ccc(Cl)cc3)CC2)c1. The summed E-state index contributed by atoms with van der Waals surface area (Å²) in [6.07, 6.45) is 0.450. The number of halogens is 1. The molecule has 26 heavy (non-hydrogen) atoms. The number of nitrogens with one attached hydrogen (secondary N) is 1. The predicted octanol–water partition coefficient (Wildman–Crippen LogP) is 3.13. The van der Waals surface area contributed by atoms with Crippen molar-refractivity contribution in [1.29, 1.82) is 0 Å². The van der Waals surface area contributed by atoms with Crippen molar-refractivity contribution in [2.45, 2.75) is 13.3 Å². The number of rotatable bonds is 6. The Hall–Kier alpha value is -2.04. The fourth-order valence-electron chi connectivity index (χ4n) is 3.31. The Morgan fingerprint density at radius 1 is 1.08 bits per heavy atom. The summed E-state index contributed by atoms with van der Waals surface area (Å²) in [5.74, 6) is 0.0930. The fourth-order valence-corrected chi connectivity index (χ4v) is 3.43. The standard InChI is InChI=1S/C21H26ClN3O/c1-17-3-2-4-18(15-17)16-21(26)23-9-10-24-11-13-25(14-12-24)20-7-5-19(22)6-8-20/h2-8,15H,9-14,16H2,1H3,(H,23,26). The summed E-state index contributed by atoms with van der Waals surface area (Å²) in [7, 11) is 0. The summed E-state index contributed by atoms with van der Waals surface area (Å²) < 4.78 is 0. The molecule has 0 aromatic heterocycles. The van der Waals surface area contributed by atoms with Gasteiger partial charge in [0.1, 0.15) is 0 Å². The molecule has 0 aliphatic carbocycles. The number of hydrogen-bond acceptors (Lipinski definition) is 3. The first-order valence-corrected chi connectivity index (χ1v) is 9.53. The van der Waals surface area contributed by atoms with Crippen LogP contribution in [0, 0.1) is 6.92 Å². The summed E-state index contributed by atoms with van der Waals surface area (Å²) >= 11 is 5.95. The first-order valence-electron chi connectivity index (χ1n) is 9.15. The number of hydrogen-bond donors (Lipinski definition) is 1. The summed E-state index contributed by atoms with van der Waals surface area (Å²) in [5, 5.41) is 3.81. The number of piperazine rings is 1. The number of aryl methyl sites for hydroxylation is 1. The molecule has 138 valence electrons. The van der Waals surface area contributed by atoms with Gasteiger partial charge in [-0.2, -0.15) is 0 Å². The number of amides is 1. The first kappa shape index (κ1) is 18.7. The zero-order chi connectivity index (χ0) is 18.4. The molecule has 4 nitrogen and oxygen atoms in total. The highest BCUT2D eigenvalue weighted by Gasteiger charge is 2.17. The van der Waals surface area contributed by atoms with E-state index in [0.29, 0.717) is 13.0 Å². The highest BCUT2D eigenvalue weighted by atomic mass is 35.5. The number of anilines is 1. The average Bonchev–Trinajstić information content (AvgIpc) is 2.63. The van der Waals surface area contributed by atoms with Gasteiger partial charge in [-0.1, -0.05) is 41.4 Å². The van der Waals surface area contributed by atoms with Crippen LogP contribution in [0.2, 0.25) is 5.02 Å². The van der Waals surface area contributed by atoms with Crippen LogP contribution in [0.3, 0.4) is 0 Å². The number of carbonyl (C=O) groups excluding carboxylic acids is 1. The van der Waals surface area contributed by atoms with Gasteiger partial charge in [0.2, 0.25) is 5.91 Å². The van der Waals surface area contributed by atoms with Gasteiger partial charge >= 0.3 is 0 Å². The van der Waals surface area contributed by atoms with E-state index in [-0.39, 0.29) is 5.91 Å². The van der Waals surface area contributed by atoms with Crippen LogP contribution < -0.4 is 10.2 Å². The maximum Gasteiger partial charge on any atom is 0.224 e. The minimum absolute atomic E-state index is 0.0930. The van der Waals surface area contributed by atoms with Crippen LogP contribution in [0.15, 0.2) is 48.5 Å². The van der Waals surface area contributed by atoms with Gasteiger partial charge in [0.05, 0.1) is 6.42 Å². The van der Waals surface area contributed by atoms with Crippen molar-refractivity contribution in [2.24, 2.45) is 0 Å². The van der Waals surface area contributed by atoms with Gasteiger partial charge in [-0.25, -0.2) is 0 Å². The molecule has 5 heteroatoms. The van der Waals surface area contributed by atoms with E-state index in [1.807, 2.05) is 37.3 Å². The van der Waals surface area contributed by atoms with Gasteiger partial charge in [-0.15, -0.1) is 0 Å². The second kappa shape index (κ2) is 9.06. The van der Waals surface area contributed by atoms with Gasteiger partial charge in [-0.3, -0.25) is 9.69 Å². The molecule has 0 spiro atoms. The first-order chi connectivity index (χ1) is 12.6. The molecule has 1 fully saturated rings. The number of benzene rings is 2. The topological polar surface area (TPSA) is 35.6 Å². The second-order valence-electron chi connectivity index (χ2n) is 6.82. The van der Waals surface area contributed by atoms with E-state index >= 15 is 0 Å². The smallest absolute Gasteiger partial charge is 0.224 e. The van der Waals surface area contributed by atoms with E-state index in [1.54, 1.807) is 0 Å². The van der Waals surface area contributed by atoms with Crippen LogP contribution in [-0.4, -0.2) is 50.1 Å². The van der Waals surface area contributed by atoms with E-state index in [2.05, 4.69) is 33.3 Å². The van der Waals surface area contributed by atoms with Crippen molar-refractivity contribution in [1.82, 2.24) is 10.2 Å². The molecule has 0 bridgehead atoms. The Bertz CT molecular complexity index is 724. The molecule has 0 unspecified atom stereocenters. The quantitative estimate of drug-likeness (QED) is 0.847. The molecular formula is C21H26ClN3O. The summed E-state index contributed by atoms with van der Waals surface area (Å²) in [6, 6.07) is 16.1. The van der Waals surface area contributed by atoms with E-state index in [4.69, 9.17) is 11.6 Å². The normalized spacial score (nSPS) is 15.1. The molecule has 0 radical (unpaired) electrons. The summed E-state index contributed by atoms with van der Waals surface area (Å²) in [6.45, 7) is 7.66. The molecule has 1 N–H and O–H groups in total. The maximum atomic E-state index is 12.1. The highest BCUT2D eigenvalue weighted by molar-refractivity contribution is 6.30. The summed E-state index contributed by atoms with van der Waals surface area (Å²) in [4.78, 5) is 16.9. The van der Waals surface area contributed by atoms with Crippen LogP contribution in [0.4, 0.5) is 5.69 Å². The third-order valence-corrected chi connectivity index (χ3v) is 5.01. The van der Waals surface area contributed by atoms with Gasteiger partial charge in [0.15, 0.2) is 0 Å². The molecule has 0 atom stereocenters. The number of carbonyl (C=O) groups is 1. The lowest BCUT2D eigenvalue weighted by molar-refractivity contribution is -0.120. The molecular weight excluding hydrogens is 346 g/mol. The molecule has 0 saturated carbocycles. The Morgan fingerprint density at radius 3 is 2.50 bits per heavy atom. The average molecular weight is 372 g/mol. The van der Waals surface area contributed by atoms with Gasteiger partial charge < -0.3 is 10.2 Å². The Morgan fingerprint density at radius 2 is 1.81 bits per heavy atom. The molecule has 1 heterocycles. The van der Waals surface area contributed by atoms with Crippen molar-refractivity contribution < 1.29 is 4.79 Å². The highest BCUT2D eigenvalue weighted by Crippen LogP contribution is 2.19. The molecule has 3 rings (SSSR count). The van der Waals surface area contributed by atoms with Crippen molar-refractivity contribution in [2.75, 3.05) is 44.2 Å². The zero-order valence-electron chi connectivity index (χ0n) is 15.2. The molecule has 2 aromatic rings. The van der Waals surface area contributed by atoms with E-state index in [9.17, 15) is 4.79 Å². The third kappa shape index (κ3) is 5.48. The van der Waals surface area contributed by atoms with Crippen LogP contribution >= 0.6 is 11.6 Å². The Labute approximate surface area is 160 Å². The maximum absolute atomic E-state index is 12.1.